The Balaban J connectivity index is 1.30. The van der Waals surface area contributed by atoms with Crippen molar-refractivity contribution in [1.82, 2.24) is 4.90 Å². The van der Waals surface area contributed by atoms with Crippen molar-refractivity contribution in [2.45, 2.75) is 30.3 Å². The maximum Gasteiger partial charge on any atom is 0.262 e. The molecule has 0 spiro atoms. The molecule has 2 heterocycles. The first-order chi connectivity index (χ1) is 15.5. The molecule has 1 aromatic heterocycles. The average molecular weight is 471 g/mol. The van der Waals surface area contributed by atoms with Crippen LogP contribution in [0.2, 0.25) is 0 Å². The van der Waals surface area contributed by atoms with E-state index in [0.717, 1.165) is 17.7 Å². The maximum absolute atomic E-state index is 13.1. The van der Waals surface area contributed by atoms with Gasteiger partial charge in [-0.05, 0) is 60.7 Å². The number of sulfonamides is 1. The zero-order valence-electron chi connectivity index (χ0n) is 17.2. The molecule has 3 aromatic rings. The highest BCUT2D eigenvalue weighted by Gasteiger charge is 2.33. The van der Waals surface area contributed by atoms with Crippen molar-refractivity contribution >= 4 is 33.0 Å². The van der Waals surface area contributed by atoms with Crippen molar-refractivity contribution in [3.8, 4) is 11.5 Å². The third-order valence-electron chi connectivity index (χ3n) is 5.36. The standard InChI is InChI=1S/C23H22N2O5S2/c26-23(25(18-7-8-18)15-19-2-1-13-31-19)16-3-5-17(6-4-16)24-32(27,28)20-9-10-21-22(14-20)30-12-11-29-21/h1-6,9-10,13-14,18,24H,7-8,11-12,15H2. The van der Waals surface area contributed by atoms with E-state index in [-0.39, 0.29) is 16.8 Å². The van der Waals surface area contributed by atoms with Crippen molar-refractivity contribution in [3.05, 3.63) is 70.4 Å². The van der Waals surface area contributed by atoms with E-state index in [1.54, 1.807) is 41.7 Å². The number of ether oxygens (including phenoxy) is 2. The van der Waals surface area contributed by atoms with E-state index in [2.05, 4.69) is 4.72 Å². The molecule has 2 aliphatic rings. The first-order valence-electron chi connectivity index (χ1n) is 10.4. The Bertz CT molecular complexity index is 1220. The zero-order chi connectivity index (χ0) is 22.1. The normalized spacial score (nSPS) is 15.2. The van der Waals surface area contributed by atoms with Crippen LogP contribution in [0.1, 0.15) is 28.1 Å². The van der Waals surface area contributed by atoms with Gasteiger partial charge >= 0.3 is 0 Å². The van der Waals surface area contributed by atoms with Crippen molar-refractivity contribution in [3.63, 3.8) is 0 Å². The van der Waals surface area contributed by atoms with Crippen LogP contribution in [-0.4, -0.2) is 38.5 Å². The molecule has 0 atom stereocenters. The summed E-state index contributed by atoms with van der Waals surface area (Å²) in [6.07, 6.45) is 2.04. The van der Waals surface area contributed by atoms with Gasteiger partial charge < -0.3 is 14.4 Å². The summed E-state index contributed by atoms with van der Waals surface area (Å²) in [6.45, 7) is 1.41. The van der Waals surface area contributed by atoms with Gasteiger partial charge in [-0.15, -0.1) is 11.3 Å². The van der Waals surface area contributed by atoms with Crippen LogP contribution < -0.4 is 14.2 Å². The molecule has 0 unspecified atom stereocenters. The monoisotopic (exact) mass is 470 g/mol. The Morgan fingerprint density at radius 3 is 2.47 bits per heavy atom. The fourth-order valence-corrected chi connectivity index (χ4v) is 5.35. The summed E-state index contributed by atoms with van der Waals surface area (Å²) >= 11 is 1.64. The summed E-state index contributed by atoms with van der Waals surface area (Å²) in [5.41, 5.74) is 0.920. The Hall–Kier alpha value is -3.04. The Morgan fingerprint density at radius 1 is 1.03 bits per heavy atom. The molecule has 0 saturated heterocycles. The Labute approximate surface area is 190 Å². The number of nitrogens with one attached hydrogen (secondary N) is 1. The fourth-order valence-electron chi connectivity index (χ4n) is 3.57. The molecule has 166 valence electrons. The minimum atomic E-state index is -3.81. The third-order valence-corrected chi connectivity index (χ3v) is 7.60. The van der Waals surface area contributed by atoms with Crippen LogP contribution in [-0.2, 0) is 16.6 Å². The van der Waals surface area contributed by atoms with E-state index < -0.39 is 10.0 Å². The molecule has 1 aliphatic carbocycles. The second kappa shape index (κ2) is 8.48. The van der Waals surface area contributed by atoms with Gasteiger partial charge in [-0.2, -0.15) is 0 Å². The zero-order valence-corrected chi connectivity index (χ0v) is 18.8. The molecule has 0 radical (unpaired) electrons. The number of thiophene rings is 1. The van der Waals surface area contributed by atoms with Crippen molar-refractivity contribution < 1.29 is 22.7 Å². The second-order valence-corrected chi connectivity index (χ2v) is 10.4. The maximum atomic E-state index is 13.1. The van der Waals surface area contributed by atoms with Gasteiger partial charge in [0.15, 0.2) is 11.5 Å². The van der Waals surface area contributed by atoms with Crippen LogP contribution >= 0.6 is 11.3 Å². The van der Waals surface area contributed by atoms with Gasteiger partial charge in [0.2, 0.25) is 0 Å². The van der Waals surface area contributed by atoms with Crippen LogP contribution in [0.25, 0.3) is 0 Å². The highest BCUT2D eigenvalue weighted by Crippen LogP contribution is 2.33. The topological polar surface area (TPSA) is 84.9 Å². The molecule has 9 heteroatoms. The summed E-state index contributed by atoms with van der Waals surface area (Å²) < 4.78 is 39.1. The largest absolute Gasteiger partial charge is 0.486 e. The van der Waals surface area contributed by atoms with E-state index in [0.29, 0.717) is 42.5 Å². The fraction of sp³-hybridized carbons (Fsp3) is 0.261. The van der Waals surface area contributed by atoms with Gasteiger partial charge in [0.25, 0.3) is 15.9 Å². The molecule has 0 bridgehead atoms. The van der Waals surface area contributed by atoms with E-state index in [1.807, 2.05) is 22.4 Å². The minimum Gasteiger partial charge on any atom is -0.486 e. The number of hydrogen-bond acceptors (Lipinski definition) is 6. The highest BCUT2D eigenvalue weighted by atomic mass is 32.2. The van der Waals surface area contributed by atoms with E-state index in [9.17, 15) is 13.2 Å². The molecular weight excluding hydrogens is 448 g/mol. The Kier molecular flexibility index (Phi) is 5.52. The first kappa shape index (κ1) is 20.8. The van der Waals surface area contributed by atoms with Crippen molar-refractivity contribution in [2.75, 3.05) is 17.9 Å². The molecule has 1 fully saturated rings. The van der Waals surface area contributed by atoms with Crippen LogP contribution in [0.4, 0.5) is 5.69 Å². The highest BCUT2D eigenvalue weighted by molar-refractivity contribution is 7.92. The van der Waals surface area contributed by atoms with Crippen molar-refractivity contribution in [2.24, 2.45) is 0 Å². The van der Waals surface area contributed by atoms with Gasteiger partial charge in [-0.25, -0.2) is 8.42 Å². The lowest BCUT2D eigenvalue weighted by atomic mass is 10.1. The molecule has 2 aromatic carbocycles. The smallest absolute Gasteiger partial charge is 0.262 e. The molecule has 1 aliphatic heterocycles. The van der Waals surface area contributed by atoms with Gasteiger partial charge in [0.05, 0.1) is 11.4 Å². The van der Waals surface area contributed by atoms with Crippen LogP contribution in [0.15, 0.2) is 64.9 Å². The number of nitrogens with zero attached hydrogens (tertiary/aromatic N) is 1. The number of carbonyl (C=O) groups excluding carboxylic acids is 1. The number of carbonyl (C=O) groups is 1. The van der Waals surface area contributed by atoms with Crippen LogP contribution in [0.3, 0.4) is 0 Å². The predicted molar refractivity (Wildman–Crippen MR) is 122 cm³/mol. The third kappa shape index (κ3) is 4.44. The van der Waals surface area contributed by atoms with Gasteiger partial charge in [0.1, 0.15) is 13.2 Å². The van der Waals surface area contributed by atoms with Gasteiger partial charge in [0, 0.05) is 28.2 Å². The molecule has 1 amide bonds. The summed E-state index contributed by atoms with van der Waals surface area (Å²) in [5.74, 6) is 0.897. The number of fused-ring (bicyclic) bond motifs is 1. The van der Waals surface area contributed by atoms with Crippen LogP contribution in [0, 0.1) is 0 Å². The minimum absolute atomic E-state index is 0.0397. The van der Waals surface area contributed by atoms with E-state index in [4.69, 9.17) is 9.47 Å². The average Bonchev–Trinajstić information content (AvgIpc) is 3.52. The summed E-state index contributed by atoms with van der Waals surface area (Å²) in [7, 11) is -3.81. The van der Waals surface area contributed by atoms with Gasteiger partial charge in [-0.1, -0.05) is 6.07 Å². The molecule has 7 nitrogen and oxygen atoms in total. The summed E-state index contributed by atoms with van der Waals surface area (Å²) in [4.78, 5) is 16.2. The number of rotatable bonds is 7. The lowest BCUT2D eigenvalue weighted by Gasteiger charge is -2.22. The lowest BCUT2D eigenvalue weighted by Crippen LogP contribution is -2.32. The van der Waals surface area contributed by atoms with E-state index >= 15 is 0 Å². The van der Waals surface area contributed by atoms with E-state index in [1.165, 1.54) is 12.1 Å². The quantitative estimate of drug-likeness (QED) is 0.561. The lowest BCUT2D eigenvalue weighted by molar-refractivity contribution is 0.0731. The number of benzene rings is 2. The predicted octanol–water partition coefficient (Wildman–Crippen LogP) is 4.12. The van der Waals surface area contributed by atoms with Gasteiger partial charge in [-0.3, -0.25) is 9.52 Å². The molecule has 5 rings (SSSR count). The number of amides is 1. The first-order valence-corrected chi connectivity index (χ1v) is 12.7. The molecular formula is C23H22N2O5S2. The SMILES string of the molecule is O=C(c1ccc(NS(=O)(=O)c2ccc3c(c2)OCCO3)cc1)N(Cc1cccs1)C1CC1. The second-order valence-electron chi connectivity index (χ2n) is 7.73. The van der Waals surface area contributed by atoms with Crippen molar-refractivity contribution in [1.29, 1.82) is 0 Å². The number of hydrogen-bond donors (Lipinski definition) is 1. The summed E-state index contributed by atoms with van der Waals surface area (Å²) in [6, 6.07) is 15.3. The molecule has 1 saturated carbocycles. The number of anilines is 1. The Morgan fingerprint density at radius 2 is 1.78 bits per heavy atom. The molecule has 32 heavy (non-hydrogen) atoms. The molecule has 1 N–H and O–H groups in total. The van der Waals surface area contributed by atoms with Crippen LogP contribution in [0.5, 0.6) is 11.5 Å². The summed E-state index contributed by atoms with van der Waals surface area (Å²) in [5, 5.41) is 2.01.